The average Bonchev–Trinajstić information content (AvgIpc) is 2.54. The first kappa shape index (κ1) is 9.33. The monoisotopic (exact) mass is 179 g/mol. The van der Waals surface area contributed by atoms with E-state index < -0.39 is 5.97 Å². The Morgan fingerprint density at radius 2 is 2.54 bits per heavy atom. The van der Waals surface area contributed by atoms with E-state index in [1.54, 1.807) is 6.92 Å². The van der Waals surface area contributed by atoms with Crippen LogP contribution in [0.1, 0.15) is 23.0 Å². The van der Waals surface area contributed by atoms with Gasteiger partial charge in [-0.05, 0) is 13.0 Å². The smallest absolute Gasteiger partial charge is 0.341 e. The van der Waals surface area contributed by atoms with Crippen molar-refractivity contribution in [2.24, 2.45) is 0 Å². The quantitative estimate of drug-likeness (QED) is 0.660. The van der Waals surface area contributed by atoms with Crippen LogP contribution in [0.2, 0.25) is 0 Å². The molecule has 0 saturated carbocycles. The molecule has 1 aromatic rings. The summed E-state index contributed by atoms with van der Waals surface area (Å²) < 4.78 is 9.69. The van der Waals surface area contributed by atoms with Crippen molar-refractivity contribution in [3.05, 3.63) is 23.7 Å². The second-order valence-corrected chi connectivity index (χ2v) is 2.36. The van der Waals surface area contributed by atoms with Crippen molar-refractivity contribution >= 4 is 5.97 Å². The van der Waals surface area contributed by atoms with Crippen molar-refractivity contribution in [1.82, 2.24) is 0 Å². The van der Waals surface area contributed by atoms with Crippen molar-refractivity contribution in [3.63, 3.8) is 0 Å². The number of nitriles is 1. The Morgan fingerprint density at radius 3 is 3.15 bits per heavy atom. The normalized spacial score (nSPS) is 9.23. The molecule has 4 heteroatoms. The third-order valence-electron chi connectivity index (χ3n) is 1.42. The fourth-order valence-corrected chi connectivity index (χ4v) is 0.873. The number of hydrogen-bond donors (Lipinski definition) is 0. The van der Waals surface area contributed by atoms with E-state index in [9.17, 15) is 4.79 Å². The van der Waals surface area contributed by atoms with E-state index in [0.717, 1.165) is 0 Å². The first-order valence-electron chi connectivity index (χ1n) is 3.89. The highest BCUT2D eigenvalue weighted by Crippen LogP contribution is 2.09. The van der Waals surface area contributed by atoms with Crippen molar-refractivity contribution in [3.8, 4) is 6.07 Å². The van der Waals surface area contributed by atoms with Gasteiger partial charge in [0.15, 0.2) is 0 Å². The average molecular weight is 179 g/mol. The number of furan rings is 1. The maximum absolute atomic E-state index is 11.1. The molecule has 0 unspecified atom stereocenters. The molecule has 0 spiro atoms. The predicted octanol–water partition coefficient (Wildman–Crippen LogP) is 1.52. The van der Waals surface area contributed by atoms with Crippen LogP contribution >= 0.6 is 0 Å². The minimum absolute atomic E-state index is 0.166. The van der Waals surface area contributed by atoms with E-state index >= 15 is 0 Å². The van der Waals surface area contributed by atoms with Gasteiger partial charge in [0, 0.05) is 0 Å². The Kier molecular flexibility index (Phi) is 3.09. The van der Waals surface area contributed by atoms with Gasteiger partial charge in [0.25, 0.3) is 0 Å². The zero-order valence-corrected chi connectivity index (χ0v) is 7.24. The maximum Gasteiger partial charge on any atom is 0.341 e. The molecule has 0 aliphatic heterocycles. The first-order chi connectivity index (χ1) is 6.27. The van der Waals surface area contributed by atoms with Crippen LogP contribution < -0.4 is 0 Å². The molecule has 0 saturated heterocycles. The molecule has 0 atom stereocenters. The number of carbonyl (C=O) groups excluding carboxylic acids is 1. The summed E-state index contributed by atoms with van der Waals surface area (Å²) in [5.74, 6) is 0.0565. The summed E-state index contributed by atoms with van der Waals surface area (Å²) in [6.45, 7) is 2.06. The van der Waals surface area contributed by atoms with Gasteiger partial charge in [0.1, 0.15) is 12.0 Å². The number of nitrogens with zero attached hydrogens (tertiary/aromatic N) is 1. The highest BCUT2D eigenvalue weighted by molar-refractivity contribution is 5.89. The lowest BCUT2D eigenvalue weighted by atomic mass is 10.3. The largest absolute Gasteiger partial charge is 0.467 e. The van der Waals surface area contributed by atoms with E-state index in [2.05, 4.69) is 0 Å². The molecular weight excluding hydrogens is 170 g/mol. The molecule has 0 N–H and O–H groups in total. The van der Waals surface area contributed by atoms with Crippen molar-refractivity contribution < 1.29 is 13.9 Å². The van der Waals surface area contributed by atoms with Crippen molar-refractivity contribution in [2.45, 2.75) is 13.3 Å². The number of carbonyl (C=O) groups is 1. The summed E-state index contributed by atoms with van der Waals surface area (Å²) in [6.07, 6.45) is 1.46. The lowest BCUT2D eigenvalue weighted by Crippen LogP contribution is -2.02. The molecule has 4 nitrogen and oxygen atoms in total. The van der Waals surface area contributed by atoms with E-state index in [1.807, 2.05) is 6.07 Å². The first-order valence-corrected chi connectivity index (χ1v) is 3.89. The predicted molar refractivity (Wildman–Crippen MR) is 44.0 cm³/mol. The maximum atomic E-state index is 11.1. The van der Waals surface area contributed by atoms with E-state index in [-0.39, 0.29) is 6.42 Å². The summed E-state index contributed by atoms with van der Waals surface area (Å²) in [4.78, 5) is 11.1. The van der Waals surface area contributed by atoms with Crippen LogP contribution in [0.25, 0.3) is 0 Å². The van der Waals surface area contributed by atoms with Gasteiger partial charge in [0.05, 0.1) is 24.7 Å². The molecule has 68 valence electrons. The van der Waals surface area contributed by atoms with E-state index in [4.69, 9.17) is 14.4 Å². The lowest BCUT2D eigenvalue weighted by molar-refractivity contribution is 0.0525. The van der Waals surface area contributed by atoms with Crippen LogP contribution in [-0.2, 0) is 11.2 Å². The van der Waals surface area contributed by atoms with Gasteiger partial charge in [-0.1, -0.05) is 0 Å². The molecule has 0 aliphatic carbocycles. The van der Waals surface area contributed by atoms with Gasteiger partial charge in [-0.3, -0.25) is 0 Å². The molecule has 0 fully saturated rings. The van der Waals surface area contributed by atoms with E-state index in [0.29, 0.717) is 17.9 Å². The summed E-state index contributed by atoms with van der Waals surface area (Å²) in [5, 5.41) is 8.34. The fourth-order valence-electron chi connectivity index (χ4n) is 0.873. The van der Waals surface area contributed by atoms with Gasteiger partial charge in [-0.15, -0.1) is 0 Å². The van der Waals surface area contributed by atoms with Crippen LogP contribution in [0.4, 0.5) is 0 Å². The van der Waals surface area contributed by atoms with Gasteiger partial charge in [0.2, 0.25) is 0 Å². The number of esters is 1. The SMILES string of the molecule is CCOC(=O)c1coc(CC#N)c1. The van der Waals surface area contributed by atoms with Crippen LogP contribution in [-0.4, -0.2) is 12.6 Å². The second kappa shape index (κ2) is 4.31. The van der Waals surface area contributed by atoms with Gasteiger partial charge in [-0.2, -0.15) is 5.26 Å². The number of ether oxygens (including phenoxy) is 1. The highest BCUT2D eigenvalue weighted by Gasteiger charge is 2.10. The summed E-state index contributed by atoms with van der Waals surface area (Å²) in [6, 6.07) is 3.44. The molecule has 0 amide bonds. The summed E-state index contributed by atoms with van der Waals surface area (Å²) >= 11 is 0. The van der Waals surface area contributed by atoms with Crippen LogP contribution in [0.3, 0.4) is 0 Å². The molecule has 13 heavy (non-hydrogen) atoms. The number of rotatable bonds is 3. The third-order valence-corrected chi connectivity index (χ3v) is 1.42. The number of hydrogen-bond acceptors (Lipinski definition) is 4. The van der Waals surface area contributed by atoms with Crippen molar-refractivity contribution in [2.75, 3.05) is 6.61 Å². The molecule has 1 aromatic heterocycles. The Balaban J connectivity index is 2.69. The molecule has 0 bridgehead atoms. The van der Waals surface area contributed by atoms with Gasteiger partial charge >= 0.3 is 5.97 Å². The van der Waals surface area contributed by atoms with Crippen molar-refractivity contribution in [1.29, 1.82) is 5.26 Å². The standard InChI is InChI=1S/C9H9NO3/c1-2-12-9(11)7-5-8(3-4-10)13-6-7/h5-6H,2-3H2,1H3. The molecule has 1 rings (SSSR count). The van der Waals surface area contributed by atoms with Crippen LogP contribution in [0.5, 0.6) is 0 Å². The molecule has 1 heterocycles. The summed E-state index contributed by atoms with van der Waals surface area (Å²) in [5.41, 5.74) is 0.354. The molecule has 0 radical (unpaired) electrons. The molecular formula is C9H9NO3. The fraction of sp³-hybridized carbons (Fsp3) is 0.333. The van der Waals surface area contributed by atoms with Crippen LogP contribution in [0, 0.1) is 11.3 Å². The molecule has 0 aliphatic rings. The molecule has 0 aromatic carbocycles. The third kappa shape index (κ3) is 2.34. The van der Waals surface area contributed by atoms with Crippen LogP contribution in [0.15, 0.2) is 16.7 Å². The zero-order chi connectivity index (χ0) is 9.68. The Morgan fingerprint density at radius 1 is 1.77 bits per heavy atom. The van der Waals surface area contributed by atoms with Gasteiger partial charge in [-0.25, -0.2) is 4.79 Å². The Hall–Kier alpha value is -1.76. The minimum Gasteiger partial charge on any atom is -0.467 e. The summed E-state index contributed by atoms with van der Waals surface area (Å²) in [7, 11) is 0. The van der Waals surface area contributed by atoms with Gasteiger partial charge < -0.3 is 9.15 Å². The van der Waals surface area contributed by atoms with E-state index in [1.165, 1.54) is 12.3 Å². The minimum atomic E-state index is -0.421. The topological polar surface area (TPSA) is 63.2 Å². The highest BCUT2D eigenvalue weighted by atomic mass is 16.5. The Bertz CT molecular complexity index is 335. The second-order valence-electron chi connectivity index (χ2n) is 2.36. The Labute approximate surface area is 75.7 Å². The zero-order valence-electron chi connectivity index (χ0n) is 7.24. The lowest BCUT2D eigenvalue weighted by Gasteiger charge is -1.95.